The minimum absolute atomic E-state index is 0.0207. The van der Waals surface area contributed by atoms with E-state index < -0.39 is 11.0 Å². The van der Waals surface area contributed by atoms with Crippen molar-refractivity contribution in [3.05, 3.63) is 3.70 Å². The number of nitrogens with zero attached hydrogens (tertiary/aromatic N) is 3. The maximum Gasteiger partial charge on any atom is 0.328 e. The lowest BCUT2D eigenvalue weighted by Gasteiger charge is -2.19. The predicted molar refractivity (Wildman–Crippen MR) is 102 cm³/mol. The largest absolute Gasteiger partial charge is 0.459 e. The van der Waals surface area contributed by atoms with Crippen molar-refractivity contribution in [3.63, 3.8) is 0 Å². The van der Waals surface area contributed by atoms with Crippen LogP contribution in [0.1, 0.15) is 41.5 Å². The number of anilines is 1. The highest BCUT2D eigenvalue weighted by Crippen LogP contribution is 2.31. The van der Waals surface area contributed by atoms with Gasteiger partial charge in [-0.2, -0.15) is 10.1 Å². The zero-order valence-corrected chi connectivity index (χ0v) is 17.5. The molecule has 0 radical (unpaired) electrons. The van der Waals surface area contributed by atoms with Crippen LogP contribution in [0, 0.1) is 9.12 Å². The fourth-order valence-corrected chi connectivity index (χ4v) is 3.43. The monoisotopic (exact) mass is 464 g/mol. The first-order valence-corrected chi connectivity index (χ1v) is 9.32. The Bertz CT molecular complexity index is 783. The third kappa shape index (κ3) is 4.65. The number of carbonyl (C=O) groups excluding carboxylic acids is 2. The Morgan fingerprint density at radius 3 is 2.42 bits per heavy atom. The van der Waals surface area contributed by atoms with E-state index in [9.17, 15) is 9.59 Å². The molecule has 132 valence electrons. The van der Waals surface area contributed by atoms with Gasteiger partial charge < -0.3 is 10.1 Å². The number of amides is 1. The standard InChI is InChI=1S/C15H21IN4O3S/c1-14(2,3)12(22)18-13-17-11-9(24-13)10(16)19-20(11)7-8(21)23-15(4,5)6/h7H2,1-6H3,(H,17,18,22). The molecule has 0 fully saturated rings. The number of ether oxygens (including phenoxy) is 1. The van der Waals surface area contributed by atoms with Gasteiger partial charge in [-0.1, -0.05) is 32.1 Å². The van der Waals surface area contributed by atoms with Gasteiger partial charge in [-0.3, -0.25) is 9.59 Å². The number of esters is 1. The SMILES string of the molecule is CC(C)(C)OC(=O)Cn1nc(I)c2sc(NC(=O)C(C)(C)C)nc21. The predicted octanol–water partition coefficient (Wildman–Crippen LogP) is 3.42. The van der Waals surface area contributed by atoms with Crippen LogP contribution in [-0.4, -0.2) is 32.2 Å². The molecule has 2 rings (SSSR count). The molecule has 0 aliphatic heterocycles. The summed E-state index contributed by atoms with van der Waals surface area (Å²) < 4.78 is 8.40. The quantitative estimate of drug-likeness (QED) is 0.556. The smallest absolute Gasteiger partial charge is 0.328 e. The highest BCUT2D eigenvalue weighted by molar-refractivity contribution is 14.1. The van der Waals surface area contributed by atoms with Crippen molar-refractivity contribution in [3.8, 4) is 0 Å². The average molecular weight is 464 g/mol. The summed E-state index contributed by atoms with van der Waals surface area (Å²) in [6.45, 7) is 10.9. The normalized spacial score (nSPS) is 12.5. The first kappa shape index (κ1) is 19.1. The zero-order valence-electron chi connectivity index (χ0n) is 14.6. The van der Waals surface area contributed by atoms with Crippen LogP contribution in [0.25, 0.3) is 10.3 Å². The van der Waals surface area contributed by atoms with Crippen LogP contribution in [0.4, 0.5) is 5.13 Å². The van der Waals surface area contributed by atoms with Crippen molar-refractivity contribution in [2.45, 2.75) is 53.7 Å². The second-order valence-corrected chi connectivity index (χ2v) is 9.43. The molecular weight excluding hydrogens is 443 g/mol. The van der Waals surface area contributed by atoms with Crippen molar-refractivity contribution in [1.29, 1.82) is 0 Å². The summed E-state index contributed by atoms with van der Waals surface area (Å²) in [6, 6.07) is 0. The molecule has 2 heterocycles. The lowest BCUT2D eigenvalue weighted by Crippen LogP contribution is -2.27. The van der Waals surface area contributed by atoms with E-state index in [1.807, 2.05) is 41.5 Å². The summed E-state index contributed by atoms with van der Waals surface area (Å²) in [5, 5.41) is 7.64. The zero-order chi connectivity index (χ0) is 18.3. The van der Waals surface area contributed by atoms with Gasteiger partial charge in [0.15, 0.2) is 10.8 Å². The van der Waals surface area contributed by atoms with Crippen LogP contribution in [0.15, 0.2) is 0 Å². The third-order valence-corrected chi connectivity index (χ3v) is 4.94. The minimum atomic E-state index is -0.551. The Morgan fingerprint density at radius 2 is 1.88 bits per heavy atom. The summed E-state index contributed by atoms with van der Waals surface area (Å²) in [5.74, 6) is -0.489. The molecule has 0 aromatic carbocycles. The number of fused-ring (bicyclic) bond motifs is 1. The van der Waals surface area contributed by atoms with Gasteiger partial charge in [0.2, 0.25) is 5.91 Å². The summed E-state index contributed by atoms with van der Waals surface area (Å²) in [7, 11) is 0. The molecule has 0 unspecified atom stereocenters. The average Bonchev–Trinajstić information content (AvgIpc) is 2.88. The van der Waals surface area contributed by atoms with Crippen LogP contribution in [0.3, 0.4) is 0 Å². The summed E-state index contributed by atoms with van der Waals surface area (Å²) in [4.78, 5) is 28.5. The molecule has 1 N–H and O–H groups in total. The van der Waals surface area contributed by atoms with Gasteiger partial charge in [-0.15, -0.1) is 0 Å². The highest BCUT2D eigenvalue weighted by atomic mass is 127. The van der Waals surface area contributed by atoms with Crippen molar-refractivity contribution >= 4 is 61.3 Å². The number of rotatable bonds is 3. The Hall–Kier alpha value is -1.23. The van der Waals surface area contributed by atoms with E-state index in [0.717, 1.165) is 8.40 Å². The van der Waals surface area contributed by atoms with Gasteiger partial charge in [0.1, 0.15) is 20.5 Å². The maximum absolute atomic E-state index is 12.1. The number of nitrogens with one attached hydrogen (secondary N) is 1. The summed E-state index contributed by atoms with van der Waals surface area (Å²) in [6.07, 6.45) is 0. The summed E-state index contributed by atoms with van der Waals surface area (Å²) >= 11 is 3.43. The highest BCUT2D eigenvalue weighted by Gasteiger charge is 2.24. The number of halogens is 1. The molecule has 0 spiro atoms. The second-order valence-electron chi connectivity index (χ2n) is 7.41. The van der Waals surface area contributed by atoms with Gasteiger partial charge in [0.25, 0.3) is 0 Å². The number of aromatic nitrogens is 3. The van der Waals surface area contributed by atoms with E-state index in [1.54, 1.807) is 0 Å². The lowest BCUT2D eigenvalue weighted by molar-refractivity contribution is -0.155. The van der Waals surface area contributed by atoms with E-state index in [2.05, 4.69) is 38.0 Å². The fraction of sp³-hybridized carbons (Fsp3) is 0.600. The van der Waals surface area contributed by atoms with E-state index in [0.29, 0.717) is 10.8 Å². The van der Waals surface area contributed by atoms with E-state index in [4.69, 9.17) is 4.74 Å². The number of hydrogen-bond acceptors (Lipinski definition) is 6. The molecular formula is C15H21IN4O3S. The van der Waals surface area contributed by atoms with Crippen LogP contribution in [-0.2, 0) is 20.9 Å². The lowest BCUT2D eigenvalue weighted by atomic mass is 9.96. The Kier molecular flexibility index (Phi) is 5.24. The van der Waals surface area contributed by atoms with Crippen LogP contribution < -0.4 is 5.32 Å². The van der Waals surface area contributed by atoms with Gasteiger partial charge in [-0.05, 0) is 43.4 Å². The molecule has 24 heavy (non-hydrogen) atoms. The van der Waals surface area contributed by atoms with Gasteiger partial charge in [0.05, 0.1) is 0 Å². The molecule has 0 saturated heterocycles. The van der Waals surface area contributed by atoms with E-state index in [-0.39, 0.29) is 18.4 Å². The van der Waals surface area contributed by atoms with Crippen molar-refractivity contribution in [1.82, 2.24) is 14.8 Å². The summed E-state index contributed by atoms with van der Waals surface area (Å²) in [5.41, 5.74) is -0.489. The van der Waals surface area contributed by atoms with Crippen LogP contribution >= 0.6 is 33.9 Å². The van der Waals surface area contributed by atoms with E-state index >= 15 is 0 Å². The van der Waals surface area contributed by atoms with Crippen LogP contribution in [0.5, 0.6) is 0 Å². The number of thiazole rings is 1. The first-order valence-electron chi connectivity index (χ1n) is 7.43. The number of hydrogen-bond donors (Lipinski definition) is 1. The van der Waals surface area contributed by atoms with Crippen LogP contribution in [0.2, 0.25) is 0 Å². The molecule has 0 saturated carbocycles. The molecule has 9 heteroatoms. The Morgan fingerprint density at radius 1 is 1.25 bits per heavy atom. The first-order chi connectivity index (χ1) is 10.9. The molecule has 2 aromatic heterocycles. The molecule has 0 atom stereocenters. The molecule has 0 aliphatic carbocycles. The van der Waals surface area contributed by atoms with E-state index in [1.165, 1.54) is 16.0 Å². The fourth-order valence-electron chi connectivity index (χ4n) is 1.76. The molecule has 0 bridgehead atoms. The third-order valence-electron chi connectivity index (χ3n) is 2.85. The minimum Gasteiger partial charge on any atom is -0.459 e. The molecule has 2 aromatic rings. The van der Waals surface area contributed by atoms with Crippen molar-refractivity contribution in [2.24, 2.45) is 5.41 Å². The second kappa shape index (κ2) is 6.58. The topological polar surface area (TPSA) is 86.1 Å². The maximum atomic E-state index is 12.1. The van der Waals surface area contributed by atoms with Crippen molar-refractivity contribution in [2.75, 3.05) is 5.32 Å². The van der Waals surface area contributed by atoms with Crippen molar-refractivity contribution < 1.29 is 14.3 Å². The molecule has 7 nitrogen and oxygen atoms in total. The Balaban J connectivity index is 2.24. The van der Waals surface area contributed by atoms with Gasteiger partial charge >= 0.3 is 5.97 Å². The Labute approximate surface area is 158 Å². The number of carbonyl (C=O) groups is 2. The van der Waals surface area contributed by atoms with Gasteiger partial charge in [0, 0.05) is 5.41 Å². The molecule has 1 amide bonds. The van der Waals surface area contributed by atoms with Gasteiger partial charge in [-0.25, -0.2) is 4.68 Å². The molecule has 0 aliphatic rings.